The van der Waals surface area contributed by atoms with Gasteiger partial charge in [-0.05, 0) is 102 Å². The molecule has 0 amide bonds. The van der Waals surface area contributed by atoms with Gasteiger partial charge in [0.25, 0.3) is 0 Å². The van der Waals surface area contributed by atoms with E-state index in [9.17, 15) is 0 Å². The maximum Gasteiger partial charge on any atom is 0.154 e. The largest absolute Gasteiger partial charge is 0.455 e. The second kappa shape index (κ2) is 17.9. The summed E-state index contributed by atoms with van der Waals surface area (Å²) in [4.78, 5) is 2.40. The molecular formula is C49H51NO. The summed E-state index contributed by atoms with van der Waals surface area (Å²) in [5.41, 5.74) is 11.6. The van der Waals surface area contributed by atoms with Gasteiger partial charge in [-0.25, -0.2) is 0 Å². The van der Waals surface area contributed by atoms with E-state index in [4.69, 9.17) is 4.74 Å². The Morgan fingerprint density at radius 2 is 1.18 bits per heavy atom. The van der Waals surface area contributed by atoms with Crippen LogP contribution < -0.4 is 9.64 Å². The molecule has 0 N–H and O–H groups in total. The fourth-order valence-electron chi connectivity index (χ4n) is 6.31. The van der Waals surface area contributed by atoms with Crippen LogP contribution in [0.2, 0.25) is 0 Å². The average Bonchev–Trinajstić information content (AvgIpc) is 3.18. The summed E-state index contributed by atoms with van der Waals surface area (Å²) in [7, 11) is 0. The van der Waals surface area contributed by atoms with E-state index in [0.717, 1.165) is 28.4 Å². The van der Waals surface area contributed by atoms with E-state index in [0.29, 0.717) is 0 Å². The quantitative estimate of drug-likeness (QED) is 0.127. The van der Waals surface area contributed by atoms with Crippen molar-refractivity contribution in [1.82, 2.24) is 0 Å². The highest BCUT2D eigenvalue weighted by Crippen LogP contribution is 2.44. The van der Waals surface area contributed by atoms with Gasteiger partial charge < -0.3 is 9.64 Å². The van der Waals surface area contributed by atoms with Crippen molar-refractivity contribution in [3.63, 3.8) is 0 Å². The topological polar surface area (TPSA) is 12.5 Å². The number of hydrogen-bond donors (Lipinski definition) is 0. The molecule has 0 radical (unpaired) electrons. The van der Waals surface area contributed by atoms with Crippen molar-refractivity contribution >= 4 is 16.9 Å². The molecule has 0 aliphatic heterocycles. The molecule has 1 unspecified atom stereocenters. The number of nitrogens with zero attached hydrogens (tertiary/aromatic N) is 1. The second-order valence-corrected chi connectivity index (χ2v) is 12.8. The minimum Gasteiger partial charge on any atom is -0.455 e. The summed E-state index contributed by atoms with van der Waals surface area (Å²) >= 11 is 0. The molecule has 0 aliphatic carbocycles. The van der Waals surface area contributed by atoms with Crippen LogP contribution in [0.3, 0.4) is 0 Å². The number of rotatable bonds is 11. The third-order valence-electron chi connectivity index (χ3n) is 9.04. The van der Waals surface area contributed by atoms with Gasteiger partial charge in [0.15, 0.2) is 5.75 Å². The van der Waals surface area contributed by atoms with E-state index in [1.165, 1.54) is 39.0 Å². The number of para-hydroxylation sites is 2. The molecule has 6 rings (SSSR count). The minimum absolute atomic E-state index is 0.00327. The lowest BCUT2D eigenvalue weighted by molar-refractivity contribution is 0.469. The van der Waals surface area contributed by atoms with Gasteiger partial charge in [0, 0.05) is 11.7 Å². The highest BCUT2D eigenvalue weighted by Gasteiger charge is 2.23. The van der Waals surface area contributed by atoms with Gasteiger partial charge in [0.2, 0.25) is 0 Å². The number of benzene rings is 6. The lowest BCUT2D eigenvalue weighted by atomic mass is 9.97. The molecule has 0 saturated carbocycles. The van der Waals surface area contributed by atoms with Crippen molar-refractivity contribution in [3.05, 3.63) is 187 Å². The standard InChI is InChI=1S/C47H45NO.C2H6/c1-6-37(41-22-15-23-42(33-41)39-20-11-8-12-21-39)28-27-36(5)48(43-31-29-40(30-32-43)38-18-9-7-10-19-38)45-25-16-24-44(34(2)3)47(45)49-46-26-14-13-17-35(46)4;1-2/h6-34,36H,1-5H3;1-2H3/b28-27-,37-6+;. The molecule has 0 saturated heterocycles. The van der Waals surface area contributed by atoms with Gasteiger partial charge in [0.1, 0.15) is 5.75 Å². The molecule has 51 heavy (non-hydrogen) atoms. The Bertz CT molecular complexity index is 2040. The van der Waals surface area contributed by atoms with Crippen molar-refractivity contribution in [2.24, 2.45) is 0 Å². The molecule has 0 aliphatic rings. The number of anilines is 2. The van der Waals surface area contributed by atoms with E-state index >= 15 is 0 Å². The Morgan fingerprint density at radius 3 is 1.80 bits per heavy atom. The molecule has 6 aromatic rings. The molecule has 0 heterocycles. The Hall–Kier alpha value is -5.60. The molecule has 0 fully saturated rings. The first-order valence-electron chi connectivity index (χ1n) is 18.2. The van der Waals surface area contributed by atoms with Crippen molar-refractivity contribution in [1.29, 1.82) is 0 Å². The van der Waals surface area contributed by atoms with Crippen LogP contribution in [0, 0.1) is 6.92 Å². The fraction of sp³-hybridized carbons (Fsp3) is 0.184. The van der Waals surface area contributed by atoms with Crippen LogP contribution in [0.5, 0.6) is 11.5 Å². The van der Waals surface area contributed by atoms with Gasteiger partial charge in [-0.15, -0.1) is 0 Å². The summed E-state index contributed by atoms with van der Waals surface area (Å²) in [6, 6.07) is 53.6. The molecule has 6 aromatic carbocycles. The molecule has 0 spiro atoms. The zero-order chi connectivity index (χ0) is 36.2. The van der Waals surface area contributed by atoms with E-state index in [-0.39, 0.29) is 12.0 Å². The number of allylic oxidation sites excluding steroid dienone is 3. The van der Waals surface area contributed by atoms with Crippen molar-refractivity contribution < 1.29 is 4.74 Å². The predicted molar refractivity (Wildman–Crippen MR) is 221 cm³/mol. The summed E-state index contributed by atoms with van der Waals surface area (Å²) in [6.07, 6.45) is 6.75. The maximum absolute atomic E-state index is 6.87. The SMILES string of the molecule is C/C=C(\C=C/C(C)N(c1ccc(-c2ccccc2)cc1)c1cccc(C(C)C)c1Oc1ccccc1C)c1cccc(-c2ccccc2)c1.CC. The van der Waals surface area contributed by atoms with E-state index < -0.39 is 0 Å². The summed E-state index contributed by atoms with van der Waals surface area (Å²) in [5.74, 6) is 2.04. The first kappa shape index (κ1) is 36.7. The maximum atomic E-state index is 6.87. The predicted octanol–water partition coefficient (Wildman–Crippen LogP) is 14.5. The van der Waals surface area contributed by atoms with Crippen LogP contribution in [-0.2, 0) is 0 Å². The van der Waals surface area contributed by atoms with Gasteiger partial charge >= 0.3 is 0 Å². The highest BCUT2D eigenvalue weighted by molar-refractivity contribution is 5.79. The summed E-state index contributed by atoms with van der Waals surface area (Å²) < 4.78 is 6.87. The fourth-order valence-corrected chi connectivity index (χ4v) is 6.31. The highest BCUT2D eigenvalue weighted by atomic mass is 16.5. The number of ether oxygens (including phenoxy) is 1. The lowest BCUT2D eigenvalue weighted by Crippen LogP contribution is -2.27. The Kier molecular flexibility index (Phi) is 12.9. The normalized spacial score (nSPS) is 12.0. The van der Waals surface area contributed by atoms with Crippen LogP contribution in [-0.4, -0.2) is 6.04 Å². The average molecular weight is 670 g/mol. The van der Waals surface area contributed by atoms with Crippen LogP contribution in [0.1, 0.15) is 64.2 Å². The first-order valence-corrected chi connectivity index (χ1v) is 18.2. The molecule has 258 valence electrons. The van der Waals surface area contributed by atoms with E-state index in [1.54, 1.807) is 0 Å². The van der Waals surface area contributed by atoms with Gasteiger partial charge in [0.05, 0.1) is 5.69 Å². The third-order valence-corrected chi connectivity index (χ3v) is 9.04. The molecule has 2 nitrogen and oxygen atoms in total. The van der Waals surface area contributed by atoms with E-state index in [2.05, 4.69) is 203 Å². The number of hydrogen-bond acceptors (Lipinski definition) is 2. The summed E-state index contributed by atoms with van der Waals surface area (Å²) in [6.45, 7) is 14.9. The second-order valence-electron chi connectivity index (χ2n) is 12.8. The molecular weight excluding hydrogens is 619 g/mol. The Labute approximate surface area is 306 Å². The van der Waals surface area contributed by atoms with Crippen LogP contribution in [0.25, 0.3) is 27.8 Å². The Morgan fingerprint density at radius 1 is 0.608 bits per heavy atom. The van der Waals surface area contributed by atoms with Gasteiger partial charge in [-0.1, -0.05) is 167 Å². The molecule has 0 aromatic heterocycles. The third kappa shape index (κ3) is 8.96. The zero-order valence-electron chi connectivity index (χ0n) is 31.2. The van der Waals surface area contributed by atoms with Gasteiger partial charge in [-0.3, -0.25) is 0 Å². The van der Waals surface area contributed by atoms with Crippen LogP contribution >= 0.6 is 0 Å². The first-order chi connectivity index (χ1) is 24.9. The monoisotopic (exact) mass is 669 g/mol. The Balaban J connectivity index is 0.00000248. The molecule has 0 bridgehead atoms. The minimum atomic E-state index is -0.00327. The van der Waals surface area contributed by atoms with Crippen molar-refractivity contribution in [3.8, 4) is 33.8 Å². The zero-order valence-corrected chi connectivity index (χ0v) is 31.2. The van der Waals surface area contributed by atoms with Gasteiger partial charge in [-0.2, -0.15) is 0 Å². The summed E-state index contributed by atoms with van der Waals surface area (Å²) in [5, 5.41) is 0. The molecule has 1 atom stereocenters. The van der Waals surface area contributed by atoms with Crippen molar-refractivity contribution in [2.75, 3.05) is 4.90 Å². The van der Waals surface area contributed by atoms with Crippen molar-refractivity contribution in [2.45, 2.75) is 60.4 Å². The molecule has 2 heteroatoms. The smallest absolute Gasteiger partial charge is 0.154 e. The van der Waals surface area contributed by atoms with Crippen LogP contribution in [0.15, 0.2) is 170 Å². The lowest BCUT2D eigenvalue weighted by Gasteiger charge is -2.33. The van der Waals surface area contributed by atoms with E-state index in [1.807, 2.05) is 19.9 Å². The number of aryl methyl sites for hydroxylation is 1. The van der Waals surface area contributed by atoms with Crippen LogP contribution in [0.4, 0.5) is 11.4 Å².